The molecule has 9 nitrogen and oxygen atoms in total. The Hall–Kier alpha value is -2.29. The molecule has 0 atom stereocenters. The first-order valence-corrected chi connectivity index (χ1v) is 4.89. The third kappa shape index (κ3) is 2.45. The van der Waals surface area contributed by atoms with Gasteiger partial charge in [-0.1, -0.05) is 0 Å². The Bertz CT molecular complexity index is 484. The Kier molecular flexibility index (Phi) is 3.10. The molecule has 0 saturated carbocycles. The Morgan fingerprint density at radius 1 is 1.41 bits per heavy atom. The third-order valence-corrected chi connectivity index (χ3v) is 2.03. The molecule has 0 aliphatic rings. The monoisotopic (exact) mass is 236 g/mol. The quantitative estimate of drug-likeness (QED) is 0.655. The van der Waals surface area contributed by atoms with Crippen LogP contribution in [0.15, 0.2) is 12.7 Å². The number of nitrogens with two attached hydrogens (primary N) is 1. The van der Waals surface area contributed by atoms with Crippen LogP contribution in [-0.4, -0.2) is 55.0 Å². The number of nitrogen functional groups attached to an aromatic ring is 1. The minimum absolute atomic E-state index is 0.000740. The molecule has 0 fully saturated rings. The van der Waals surface area contributed by atoms with E-state index in [1.165, 1.54) is 17.3 Å². The summed E-state index contributed by atoms with van der Waals surface area (Å²) in [6.45, 7) is 0.404. The molecule has 9 heteroatoms. The highest BCUT2D eigenvalue weighted by atomic mass is 16.3. The van der Waals surface area contributed by atoms with Crippen LogP contribution in [-0.2, 0) is 0 Å². The number of hydrogen-bond acceptors (Lipinski definition) is 8. The molecule has 0 saturated heterocycles. The van der Waals surface area contributed by atoms with Crippen LogP contribution in [0.5, 0.6) is 0 Å². The molecule has 0 radical (unpaired) electrons. The molecule has 0 aliphatic carbocycles. The van der Waals surface area contributed by atoms with Crippen molar-refractivity contribution in [1.29, 1.82) is 0 Å². The van der Waals surface area contributed by atoms with Crippen LogP contribution in [0.4, 0.5) is 11.9 Å². The second-order valence-corrected chi connectivity index (χ2v) is 3.28. The van der Waals surface area contributed by atoms with Crippen LogP contribution in [0.3, 0.4) is 0 Å². The number of aliphatic hydroxyl groups is 1. The molecule has 2 rings (SSSR count). The first kappa shape index (κ1) is 11.2. The van der Waals surface area contributed by atoms with Gasteiger partial charge in [-0.25, -0.2) is 4.98 Å². The van der Waals surface area contributed by atoms with E-state index in [1.54, 1.807) is 11.9 Å². The van der Waals surface area contributed by atoms with Crippen LogP contribution in [0, 0.1) is 0 Å². The maximum absolute atomic E-state index is 8.85. The molecular weight excluding hydrogens is 224 g/mol. The smallest absolute Gasteiger partial charge is 0.258 e. The zero-order valence-corrected chi connectivity index (χ0v) is 9.22. The van der Waals surface area contributed by atoms with Gasteiger partial charge in [-0.3, -0.25) is 0 Å². The van der Waals surface area contributed by atoms with Gasteiger partial charge in [-0.2, -0.15) is 24.7 Å². The van der Waals surface area contributed by atoms with Crippen molar-refractivity contribution in [1.82, 2.24) is 29.7 Å². The molecule has 90 valence electrons. The number of hydrogen-bond donors (Lipinski definition) is 2. The van der Waals surface area contributed by atoms with Crippen LogP contribution in [0.2, 0.25) is 0 Å². The van der Waals surface area contributed by atoms with Gasteiger partial charge in [0.2, 0.25) is 11.9 Å². The Morgan fingerprint density at radius 3 is 2.88 bits per heavy atom. The number of likely N-dealkylation sites (N-methyl/N-ethyl adjacent to an activating group) is 1. The van der Waals surface area contributed by atoms with E-state index >= 15 is 0 Å². The van der Waals surface area contributed by atoms with Gasteiger partial charge in [0.25, 0.3) is 5.95 Å². The largest absolute Gasteiger partial charge is 0.395 e. The summed E-state index contributed by atoms with van der Waals surface area (Å²) >= 11 is 0. The molecule has 3 N–H and O–H groups in total. The molecule has 2 aromatic rings. The molecule has 0 unspecified atom stereocenters. The minimum Gasteiger partial charge on any atom is -0.395 e. The van der Waals surface area contributed by atoms with E-state index in [0.29, 0.717) is 12.5 Å². The average molecular weight is 236 g/mol. The molecule has 0 spiro atoms. The molecule has 2 aromatic heterocycles. The van der Waals surface area contributed by atoms with Gasteiger partial charge in [0.15, 0.2) is 0 Å². The molecular formula is C8H12N8O. The highest BCUT2D eigenvalue weighted by molar-refractivity contribution is 5.36. The van der Waals surface area contributed by atoms with E-state index in [1.807, 2.05) is 0 Å². The topological polar surface area (TPSA) is 119 Å². The van der Waals surface area contributed by atoms with Crippen molar-refractivity contribution in [2.45, 2.75) is 0 Å². The fraction of sp³-hybridized carbons (Fsp3) is 0.375. The van der Waals surface area contributed by atoms with Crippen LogP contribution in [0.1, 0.15) is 0 Å². The lowest BCUT2D eigenvalue weighted by Crippen LogP contribution is -2.24. The maximum atomic E-state index is 8.85. The van der Waals surface area contributed by atoms with Crippen molar-refractivity contribution >= 4 is 11.9 Å². The number of anilines is 2. The lowest BCUT2D eigenvalue weighted by Gasteiger charge is -2.15. The highest BCUT2D eigenvalue weighted by Gasteiger charge is 2.10. The van der Waals surface area contributed by atoms with E-state index in [2.05, 4.69) is 25.0 Å². The van der Waals surface area contributed by atoms with Gasteiger partial charge < -0.3 is 15.7 Å². The summed E-state index contributed by atoms with van der Waals surface area (Å²) in [7, 11) is 1.75. The minimum atomic E-state index is 0.000740. The zero-order chi connectivity index (χ0) is 12.3. The fourth-order valence-corrected chi connectivity index (χ4v) is 1.20. The number of aliphatic hydroxyl groups excluding tert-OH is 1. The molecule has 0 aliphatic heterocycles. The van der Waals surface area contributed by atoms with Gasteiger partial charge in [-0.05, 0) is 0 Å². The van der Waals surface area contributed by atoms with Crippen LogP contribution in [0.25, 0.3) is 5.95 Å². The maximum Gasteiger partial charge on any atom is 0.258 e. The number of rotatable bonds is 4. The van der Waals surface area contributed by atoms with Crippen LogP contribution < -0.4 is 10.6 Å². The number of aromatic nitrogens is 6. The Labute approximate surface area is 97.0 Å². The standard InChI is InChI=1S/C8H12N8O/c1-15(2-3-17)7-12-6(9)13-8(14-7)16-5-10-4-11-16/h4-5,17H,2-3H2,1H3,(H2,9,12,13,14). The Balaban J connectivity index is 2.36. The lowest BCUT2D eigenvalue weighted by molar-refractivity contribution is 0.303. The predicted molar refractivity (Wildman–Crippen MR) is 59.5 cm³/mol. The van der Waals surface area contributed by atoms with Crippen molar-refractivity contribution in [3.8, 4) is 5.95 Å². The van der Waals surface area contributed by atoms with Gasteiger partial charge in [0.05, 0.1) is 6.61 Å². The van der Waals surface area contributed by atoms with E-state index in [-0.39, 0.29) is 18.5 Å². The average Bonchev–Trinajstić information content (AvgIpc) is 2.82. The number of nitrogens with zero attached hydrogens (tertiary/aromatic N) is 7. The molecule has 0 aromatic carbocycles. The zero-order valence-electron chi connectivity index (χ0n) is 9.22. The predicted octanol–water partition coefficient (Wildman–Crippen LogP) is -1.54. The van der Waals surface area contributed by atoms with E-state index in [4.69, 9.17) is 10.8 Å². The second kappa shape index (κ2) is 4.70. The summed E-state index contributed by atoms with van der Waals surface area (Å²) in [6, 6.07) is 0. The Morgan fingerprint density at radius 2 is 2.24 bits per heavy atom. The summed E-state index contributed by atoms with van der Waals surface area (Å²) in [4.78, 5) is 17.5. The molecule has 0 amide bonds. The van der Waals surface area contributed by atoms with Gasteiger partial charge >= 0.3 is 0 Å². The molecule has 17 heavy (non-hydrogen) atoms. The first-order chi connectivity index (χ1) is 8.20. The molecule has 2 heterocycles. The summed E-state index contributed by atoms with van der Waals surface area (Å²) in [5.41, 5.74) is 5.59. The van der Waals surface area contributed by atoms with Crippen molar-refractivity contribution in [2.24, 2.45) is 0 Å². The highest BCUT2D eigenvalue weighted by Crippen LogP contribution is 2.08. The molecule has 0 bridgehead atoms. The van der Waals surface area contributed by atoms with E-state index < -0.39 is 0 Å². The first-order valence-electron chi connectivity index (χ1n) is 4.89. The summed E-state index contributed by atoms with van der Waals surface area (Å²) in [5.74, 6) is 0.747. The fourth-order valence-electron chi connectivity index (χ4n) is 1.20. The van der Waals surface area contributed by atoms with Gasteiger partial charge in [0.1, 0.15) is 12.7 Å². The van der Waals surface area contributed by atoms with Crippen molar-refractivity contribution in [3.05, 3.63) is 12.7 Å². The van der Waals surface area contributed by atoms with Gasteiger partial charge in [-0.15, -0.1) is 0 Å². The van der Waals surface area contributed by atoms with Crippen molar-refractivity contribution < 1.29 is 5.11 Å². The summed E-state index contributed by atoms with van der Waals surface area (Å²) in [6.07, 6.45) is 2.84. The summed E-state index contributed by atoms with van der Waals surface area (Å²) < 4.78 is 1.38. The van der Waals surface area contributed by atoms with Crippen molar-refractivity contribution in [3.63, 3.8) is 0 Å². The van der Waals surface area contributed by atoms with Crippen molar-refractivity contribution in [2.75, 3.05) is 30.8 Å². The van der Waals surface area contributed by atoms with Crippen LogP contribution >= 0.6 is 0 Å². The normalized spacial score (nSPS) is 10.5. The lowest BCUT2D eigenvalue weighted by atomic mass is 10.6. The second-order valence-electron chi connectivity index (χ2n) is 3.28. The van der Waals surface area contributed by atoms with Gasteiger partial charge in [0, 0.05) is 13.6 Å². The van der Waals surface area contributed by atoms with E-state index in [0.717, 1.165) is 0 Å². The van der Waals surface area contributed by atoms with E-state index in [9.17, 15) is 0 Å². The summed E-state index contributed by atoms with van der Waals surface area (Å²) in [5, 5.41) is 12.8. The third-order valence-electron chi connectivity index (χ3n) is 2.03. The SMILES string of the molecule is CN(CCO)c1nc(N)nc(-n2cncn2)n1.